The highest BCUT2D eigenvalue weighted by atomic mass is 32.2. The van der Waals surface area contributed by atoms with Gasteiger partial charge < -0.3 is 10.6 Å². The van der Waals surface area contributed by atoms with Gasteiger partial charge in [-0.1, -0.05) is 0 Å². The summed E-state index contributed by atoms with van der Waals surface area (Å²) in [5, 5.41) is 6.35. The van der Waals surface area contributed by atoms with E-state index >= 15 is 0 Å². The molecule has 0 rings (SSSR count). The summed E-state index contributed by atoms with van der Waals surface area (Å²) in [6.45, 7) is 4.98. The summed E-state index contributed by atoms with van der Waals surface area (Å²) in [4.78, 5) is 4.12. The number of nitrogens with one attached hydrogen (secondary N) is 3. The van der Waals surface area contributed by atoms with Gasteiger partial charge in [0.15, 0.2) is 5.96 Å². The first-order valence-corrected chi connectivity index (χ1v) is 9.91. The summed E-state index contributed by atoms with van der Waals surface area (Å²) >= 11 is 1.85. The zero-order valence-corrected chi connectivity index (χ0v) is 14.7. The highest BCUT2D eigenvalue weighted by Crippen LogP contribution is 2.02. The minimum Gasteiger partial charge on any atom is -0.356 e. The van der Waals surface area contributed by atoms with Crippen LogP contribution in [0.15, 0.2) is 4.99 Å². The molecule has 0 saturated heterocycles. The lowest BCUT2D eigenvalue weighted by atomic mass is 10.1. The standard InChI is InChI=1S/C12H28N4O2S2/c1-12(2,16-20(5,17)18)10-15-11(13-3)14-8-6-7-9-19-4/h16H,6-10H2,1-5H3,(H2,13,14,15). The van der Waals surface area contributed by atoms with Gasteiger partial charge in [-0.25, -0.2) is 13.1 Å². The Morgan fingerprint density at radius 2 is 1.90 bits per heavy atom. The van der Waals surface area contributed by atoms with Crippen molar-refractivity contribution in [2.45, 2.75) is 32.2 Å². The normalized spacial score (nSPS) is 13.3. The zero-order valence-electron chi connectivity index (χ0n) is 13.1. The van der Waals surface area contributed by atoms with E-state index in [-0.39, 0.29) is 0 Å². The molecule has 0 aromatic carbocycles. The molecule has 0 aliphatic rings. The molecule has 20 heavy (non-hydrogen) atoms. The van der Waals surface area contributed by atoms with Gasteiger partial charge in [0.1, 0.15) is 0 Å². The van der Waals surface area contributed by atoms with E-state index in [0.717, 1.165) is 19.2 Å². The number of rotatable bonds is 9. The van der Waals surface area contributed by atoms with Gasteiger partial charge in [-0.2, -0.15) is 11.8 Å². The maximum Gasteiger partial charge on any atom is 0.209 e. The zero-order chi connectivity index (χ0) is 15.6. The quantitative estimate of drug-likeness (QED) is 0.329. The van der Waals surface area contributed by atoms with E-state index in [1.54, 1.807) is 7.05 Å². The molecule has 0 radical (unpaired) electrons. The summed E-state index contributed by atoms with van der Waals surface area (Å²) < 4.78 is 25.1. The molecule has 0 spiro atoms. The Morgan fingerprint density at radius 3 is 2.40 bits per heavy atom. The van der Waals surface area contributed by atoms with Gasteiger partial charge in [0.25, 0.3) is 0 Å². The molecule has 120 valence electrons. The third-order valence-corrected chi connectivity index (χ3v) is 4.07. The van der Waals surface area contributed by atoms with E-state index in [4.69, 9.17) is 0 Å². The average Bonchev–Trinajstić information content (AvgIpc) is 2.29. The highest BCUT2D eigenvalue weighted by molar-refractivity contribution is 7.98. The molecule has 0 saturated carbocycles. The Kier molecular flexibility index (Phi) is 9.24. The molecule has 0 amide bonds. The highest BCUT2D eigenvalue weighted by Gasteiger charge is 2.22. The molecular formula is C12H28N4O2S2. The fourth-order valence-corrected chi connectivity index (χ4v) is 3.21. The summed E-state index contributed by atoms with van der Waals surface area (Å²) in [6, 6.07) is 0. The first-order chi connectivity index (χ1) is 9.20. The molecule has 0 atom stereocenters. The van der Waals surface area contributed by atoms with Gasteiger partial charge in [-0.3, -0.25) is 4.99 Å². The van der Waals surface area contributed by atoms with Crippen LogP contribution in [0.2, 0.25) is 0 Å². The number of hydrogen-bond acceptors (Lipinski definition) is 4. The van der Waals surface area contributed by atoms with Crippen molar-refractivity contribution < 1.29 is 8.42 Å². The summed E-state index contributed by atoms with van der Waals surface area (Å²) in [6.07, 6.45) is 5.52. The number of hydrogen-bond donors (Lipinski definition) is 3. The van der Waals surface area contributed by atoms with Crippen LogP contribution in [0, 0.1) is 0 Å². The molecule has 0 bridgehead atoms. The predicted octanol–water partition coefficient (Wildman–Crippen LogP) is 0.622. The lowest BCUT2D eigenvalue weighted by molar-refractivity contribution is 0.446. The molecule has 0 aromatic rings. The number of sulfonamides is 1. The smallest absolute Gasteiger partial charge is 0.209 e. The Bertz CT molecular complexity index is 394. The predicted molar refractivity (Wildman–Crippen MR) is 89.0 cm³/mol. The maximum atomic E-state index is 11.2. The topological polar surface area (TPSA) is 82.6 Å². The van der Waals surface area contributed by atoms with Crippen LogP contribution in [0.3, 0.4) is 0 Å². The minimum atomic E-state index is -3.22. The van der Waals surface area contributed by atoms with Gasteiger partial charge in [-0.05, 0) is 38.7 Å². The molecule has 0 aliphatic heterocycles. The van der Waals surface area contributed by atoms with E-state index in [1.807, 2.05) is 25.6 Å². The van der Waals surface area contributed by atoms with Gasteiger partial charge in [0, 0.05) is 25.7 Å². The first-order valence-electron chi connectivity index (χ1n) is 6.62. The number of unbranched alkanes of at least 4 members (excludes halogenated alkanes) is 1. The number of aliphatic imine (C=N–C) groups is 1. The van der Waals surface area contributed by atoms with E-state index in [9.17, 15) is 8.42 Å². The molecule has 8 heteroatoms. The Labute approximate surface area is 127 Å². The van der Waals surface area contributed by atoms with Crippen LogP contribution >= 0.6 is 11.8 Å². The van der Waals surface area contributed by atoms with Gasteiger partial charge in [0.05, 0.1) is 6.26 Å². The molecule has 0 aliphatic carbocycles. The Hall–Kier alpha value is -0.470. The first kappa shape index (κ1) is 19.5. The number of thioether (sulfide) groups is 1. The van der Waals surface area contributed by atoms with Crippen LogP contribution in [0.25, 0.3) is 0 Å². The van der Waals surface area contributed by atoms with E-state index < -0.39 is 15.6 Å². The summed E-state index contributed by atoms with van der Waals surface area (Å²) in [5.41, 5.74) is -0.565. The van der Waals surface area contributed by atoms with Crippen molar-refractivity contribution in [1.29, 1.82) is 0 Å². The number of guanidine groups is 1. The van der Waals surface area contributed by atoms with Crippen LogP contribution < -0.4 is 15.4 Å². The summed E-state index contributed by atoms with van der Waals surface area (Å²) in [5.74, 6) is 1.86. The second kappa shape index (κ2) is 9.46. The third kappa shape index (κ3) is 11.4. The van der Waals surface area contributed by atoms with Crippen molar-refractivity contribution in [3.8, 4) is 0 Å². The van der Waals surface area contributed by atoms with Crippen LogP contribution in [0.1, 0.15) is 26.7 Å². The fraction of sp³-hybridized carbons (Fsp3) is 0.917. The van der Waals surface area contributed by atoms with Crippen LogP contribution in [-0.4, -0.2) is 58.3 Å². The minimum absolute atomic E-state index is 0.463. The average molecular weight is 325 g/mol. The van der Waals surface area contributed by atoms with Crippen molar-refractivity contribution in [2.75, 3.05) is 38.4 Å². The van der Waals surface area contributed by atoms with Crippen molar-refractivity contribution in [3.05, 3.63) is 0 Å². The van der Waals surface area contributed by atoms with Crippen molar-refractivity contribution in [2.24, 2.45) is 4.99 Å². The monoisotopic (exact) mass is 324 g/mol. The summed E-state index contributed by atoms with van der Waals surface area (Å²) in [7, 11) is -1.51. The Morgan fingerprint density at radius 1 is 1.25 bits per heavy atom. The lowest BCUT2D eigenvalue weighted by Crippen LogP contribution is -2.53. The fourth-order valence-electron chi connectivity index (χ4n) is 1.64. The Balaban J connectivity index is 4.06. The molecule has 6 nitrogen and oxygen atoms in total. The molecule has 0 fully saturated rings. The third-order valence-electron chi connectivity index (χ3n) is 2.45. The maximum absolute atomic E-state index is 11.2. The van der Waals surface area contributed by atoms with Crippen LogP contribution in [-0.2, 0) is 10.0 Å². The van der Waals surface area contributed by atoms with E-state index in [0.29, 0.717) is 12.5 Å². The van der Waals surface area contributed by atoms with Crippen molar-refractivity contribution in [3.63, 3.8) is 0 Å². The second-order valence-corrected chi connectivity index (χ2v) is 8.04. The second-order valence-electron chi connectivity index (χ2n) is 5.31. The molecule has 3 N–H and O–H groups in total. The van der Waals surface area contributed by atoms with E-state index in [1.165, 1.54) is 12.2 Å². The van der Waals surface area contributed by atoms with Crippen molar-refractivity contribution in [1.82, 2.24) is 15.4 Å². The molecular weight excluding hydrogens is 296 g/mol. The van der Waals surface area contributed by atoms with E-state index in [2.05, 4.69) is 26.6 Å². The molecule has 0 heterocycles. The number of nitrogens with zero attached hydrogens (tertiary/aromatic N) is 1. The van der Waals surface area contributed by atoms with Gasteiger partial charge >= 0.3 is 0 Å². The largest absolute Gasteiger partial charge is 0.356 e. The lowest BCUT2D eigenvalue weighted by Gasteiger charge is -2.26. The molecule has 0 aromatic heterocycles. The SMILES string of the molecule is CN=C(NCCCCSC)NCC(C)(C)NS(C)(=O)=O. The van der Waals surface area contributed by atoms with Gasteiger partial charge in [0.2, 0.25) is 10.0 Å². The van der Waals surface area contributed by atoms with Crippen LogP contribution in [0.5, 0.6) is 0 Å². The molecule has 0 unspecified atom stereocenters. The van der Waals surface area contributed by atoms with Crippen LogP contribution in [0.4, 0.5) is 0 Å². The van der Waals surface area contributed by atoms with Gasteiger partial charge in [-0.15, -0.1) is 0 Å². The van der Waals surface area contributed by atoms with Crippen molar-refractivity contribution >= 4 is 27.7 Å².